The van der Waals surface area contributed by atoms with E-state index >= 15 is 0 Å². The Morgan fingerprint density at radius 1 is 1.03 bits per heavy atom. The van der Waals surface area contributed by atoms with Gasteiger partial charge in [0.2, 0.25) is 6.54 Å². The maximum absolute atomic E-state index is 13.5. The molecular formula is C26H23Cl2FN4O4S. The normalized spacial score (nSPS) is 11.8. The largest absolute Gasteiger partial charge is 0.490 e. The maximum Gasteiger partial charge on any atom is 0.220 e. The molecule has 0 fully saturated rings. The molecule has 1 atom stereocenters. The van der Waals surface area contributed by atoms with Crippen LogP contribution in [-0.2, 0) is 6.61 Å². The van der Waals surface area contributed by atoms with Gasteiger partial charge in [0, 0.05) is 10.6 Å². The molecule has 4 rings (SSSR count). The van der Waals surface area contributed by atoms with Gasteiger partial charge in [-0.3, -0.25) is 14.7 Å². The van der Waals surface area contributed by atoms with E-state index in [0.717, 1.165) is 5.56 Å². The number of ether oxygens (including phenoxy) is 2. The third-order valence-electron chi connectivity index (χ3n) is 5.46. The monoisotopic (exact) mass is 576 g/mol. The Kier molecular flexibility index (Phi) is 9.09. The first-order chi connectivity index (χ1) is 18.2. The molecule has 1 heterocycles. The molecule has 38 heavy (non-hydrogen) atoms. The van der Waals surface area contributed by atoms with Gasteiger partial charge < -0.3 is 9.47 Å². The van der Waals surface area contributed by atoms with Crippen LogP contribution in [0.1, 0.15) is 29.1 Å². The van der Waals surface area contributed by atoms with E-state index in [0.29, 0.717) is 50.4 Å². The molecule has 0 N–H and O–H groups in total. The number of nitrogens with zero attached hydrogens (tertiary/aromatic N) is 4. The van der Waals surface area contributed by atoms with Crippen molar-refractivity contribution in [1.29, 1.82) is 0 Å². The van der Waals surface area contributed by atoms with E-state index in [1.165, 1.54) is 23.9 Å². The molecule has 0 saturated heterocycles. The van der Waals surface area contributed by atoms with Crippen molar-refractivity contribution in [2.75, 3.05) is 13.2 Å². The molecule has 0 aliphatic rings. The molecule has 0 bridgehead atoms. The Morgan fingerprint density at radius 2 is 1.79 bits per heavy atom. The van der Waals surface area contributed by atoms with Crippen molar-refractivity contribution in [3.63, 3.8) is 0 Å². The summed E-state index contributed by atoms with van der Waals surface area (Å²) in [6, 6.07) is 16.3. The van der Waals surface area contributed by atoms with Crippen molar-refractivity contribution in [2.45, 2.75) is 30.9 Å². The van der Waals surface area contributed by atoms with Crippen molar-refractivity contribution in [2.24, 2.45) is 0 Å². The van der Waals surface area contributed by atoms with Crippen LogP contribution in [0.3, 0.4) is 0 Å². The molecule has 3 aromatic carbocycles. The van der Waals surface area contributed by atoms with E-state index in [-0.39, 0.29) is 23.9 Å². The van der Waals surface area contributed by atoms with Crippen LogP contribution in [-0.4, -0.2) is 32.8 Å². The molecule has 0 aliphatic heterocycles. The third-order valence-corrected chi connectivity index (χ3v) is 7.38. The lowest BCUT2D eigenvalue weighted by molar-refractivity contribution is -0.479. The van der Waals surface area contributed by atoms with Crippen LogP contribution in [0.4, 0.5) is 4.39 Å². The second-order valence-corrected chi connectivity index (χ2v) is 10.1. The number of rotatable bonds is 11. The molecule has 0 unspecified atom stereocenters. The quantitative estimate of drug-likeness (QED) is 0.107. The number of nitro groups is 1. The van der Waals surface area contributed by atoms with Gasteiger partial charge in [0.05, 0.1) is 16.7 Å². The Labute approximate surface area is 232 Å². The van der Waals surface area contributed by atoms with E-state index < -0.39 is 5.25 Å². The highest BCUT2D eigenvalue weighted by atomic mass is 35.5. The average Bonchev–Trinajstić information content (AvgIpc) is 3.25. The summed E-state index contributed by atoms with van der Waals surface area (Å²) in [5.41, 5.74) is 2.13. The summed E-state index contributed by atoms with van der Waals surface area (Å²) in [5.74, 6) is 1.14. The summed E-state index contributed by atoms with van der Waals surface area (Å²) in [5, 5.41) is 20.7. The minimum atomic E-state index is -0.615. The fraction of sp³-hybridized carbons (Fsp3) is 0.231. The van der Waals surface area contributed by atoms with Crippen LogP contribution in [0, 0.1) is 22.9 Å². The predicted octanol–water partition coefficient (Wildman–Crippen LogP) is 7.11. The lowest BCUT2D eigenvalue weighted by Crippen LogP contribution is -2.11. The highest BCUT2D eigenvalue weighted by Crippen LogP contribution is 2.40. The molecule has 0 aliphatic carbocycles. The zero-order valence-electron chi connectivity index (χ0n) is 20.4. The van der Waals surface area contributed by atoms with Gasteiger partial charge >= 0.3 is 0 Å². The van der Waals surface area contributed by atoms with Crippen molar-refractivity contribution in [3.8, 4) is 17.2 Å². The highest BCUT2D eigenvalue weighted by Gasteiger charge is 2.25. The number of benzene rings is 3. The summed E-state index contributed by atoms with van der Waals surface area (Å²) in [4.78, 5) is 11.2. The highest BCUT2D eigenvalue weighted by molar-refractivity contribution is 7.99. The Bertz CT molecular complexity index is 1440. The van der Waals surface area contributed by atoms with Gasteiger partial charge in [-0.2, -0.15) is 0 Å². The SMILES string of the molecule is CCOc1cc([C@H](C[N+](=O)[O-])Sc2nnc(C)n2-c2ccc(F)cc2)ccc1OCc1ccc(Cl)c(Cl)c1. The molecule has 0 spiro atoms. The van der Waals surface area contributed by atoms with E-state index in [4.69, 9.17) is 32.7 Å². The number of halogens is 3. The second kappa shape index (κ2) is 12.5. The summed E-state index contributed by atoms with van der Waals surface area (Å²) < 4.78 is 27.0. The van der Waals surface area contributed by atoms with Gasteiger partial charge in [-0.25, -0.2) is 4.39 Å². The zero-order chi connectivity index (χ0) is 27.2. The predicted molar refractivity (Wildman–Crippen MR) is 145 cm³/mol. The fourth-order valence-corrected chi connectivity index (χ4v) is 5.17. The van der Waals surface area contributed by atoms with Crippen LogP contribution < -0.4 is 9.47 Å². The lowest BCUT2D eigenvalue weighted by atomic mass is 10.1. The van der Waals surface area contributed by atoms with E-state index in [9.17, 15) is 14.5 Å². The standard InChI is InChI=1S/C26H23Cl2FN4O4S/c1-3-36-24-13-18(5-11-23(24)37-15-17-4-10-21(27)22(28)12-17)25(14-32(34)35)38-26-31-30-16(2)33(26)20-8-6-19(29)7-9-20/h4-13,25H,3,14-15H2,1-2H3/t25-/m0/s1. The second-order valence-electron chi connectivity index (χ2n) is 8.14. The minimum Gasteiger partial charge on any atom is -0.490 e. The van der Waals surface area contributed by atoms with Gasteiger partial charge in [-0.1, -0.05) is 47.1 Å². The number of hydrogen-bond donors (Lipinski definition) is 0. The number of hydrogen-bond acceptors (Lipinski definition) is 7. The average molecular weight is 577 g/mol. The van der Waals surface area contributed by atoms with Crippen LogP contribution in [0.5, 0.6) is 11.5 Å². The van der Waals surface area contributed by atoms with E-state index in [2.05, 4.69) is 10.2 Å². The fourth-order valence-electron chi connectivity index (χ4n) is 3.68. The van der Waals surface area contributed by atoms with Crippen LogP contribution >= 0.6 is 35.0 Å². The molecular weight excluding hydrogens is 554 g/mol. The number of aromatic nitrogens is 3. The molecule has 8 nitrogen and oxygen atoms in total. The molecule has 0 radical (unpaired) electrons. The topological polar surface area (TPSA) is 92.3 Å². The van der Waals surface area contributed by atoms with Gasteiger partial charge in [0.15, 0.2) is 16.7 Å². The summed E-state index contributed by atoms with van der Waals surface area (Å²) in [6.45, 7) is 3.83. The van der Waals surface area contributed by atoms with E-state index in [1.54, 1.807) is 54.0 Å². The Balaban J connectivity index is 1.61. The zero-order valence-corrected chi connectivity index (χ0v) is 22.8. The maximum atomic E-state index is 13.5. The van der Waals surface area contributed by atoms with Crippen molar-refractivity contribution >= 4 is 35.0 Å². The third kappa shape index (κ3) is 6.75. The molecule has 198 valence electrons. The van der Waals surface area contributed by atoms with Crippen molar-refractivity contribution < 1.29 is 18.8 Å². The molecule has 0 saturated carbocycles. The van der Waals surface area contributed by atoms with Crippen molar-refractivity contribution in [3.05, 3.63) is 104 Å². The first kappa shape index (κ1) is 27.7. The van der Waals surface area contributed by atoms with Gasteiger partial charge in [0.25, 0.3) is 0 Å². The number of aryl methyl sites for hydroxylation is 1. The molecule has 4 aromatic rings. The van der Waals surface area contributed by atoms with Crippen LogP contribution in [0.15, 0.2) is 65.8 Å². The summed E-state index contributed by atoms with van der Waals surface area (Å²) in [6.07, 6.45) is 0. The Hall–Kier alpha value is -3.34. The lowest BCUT2D eigenvalue weighted by Gasteiger charge is -2.17. The molecule has 0 amide bonds. The van der Waals surface area contributed by atoms with Gasteiger partial charge in [0.1, 0.15) is 23.5 Å². The van der Waals surface area contributed by atoms with Crippen molar-refractivity contribution in [1.82, 2.24) is 14.8 Å². The van der Waals surface area contributed by atoms with Gasteiger partial charge in [-0.15, -0.1) is 10.2 Å². The summed E-state index contributed by atoms with van der Waals surface area (Å²) >= 11 is 13.3. The molecule has 1 aromatic heterocycles. The minimum absolute atomic E-state index is 0.226. The van der Waals surface area contributed by atoms with Crippen LogP contribution in [0.2, 0.25) is 10.0 Å². The summed E-state index contributed by atoms with van der Waals surface area (Å²) in [7, 11) is 0. The van der Waals surface area contributed by atoms with Gasteiger partial charge in [-0.05, 0) is 73.5 Å². The smallest absolute Gasteiger partial charge is 0.220 e. The Morgan fingerprint density at radius 3 is 2.47 bits per heavy atom. The first-order valence-corrected chi connectivity index (χ1v) is 13.2. The van der Waals surface area contributed by atoms with Crippen LogP contribution in [0.25, 0.3) is 5.69 Å². The first-order valence-electron chi connectivity index (χ1n) is 11.5. The molecule has 12 heteroatoms. The number of thioether (sulfide) groups is 1. The van der Waals surface area contributed by atoms with E-state index in [1.807, 2.05) is 13.0 Å².